The van der Waals surface area contributed by atoms with Crippen LogP contribution in [0.1, 0.15) is 52.8 Å². The summed E-state index contributed by atoms with van der Waals surface area (Å²) in [4.78, 5) is 29.0. The summed E-state index contributed by atoms with van der Waals surface area (Å²) >= 11 is 0. The zero-order valence-electron chi connectivity index (χ0n) is 17.5. The van der Waals surface area contributed by atoms with Gasteiger partial charge in [0.05, 0.1) is 16.8 Å². The number of benzene rings is 2. The first-order valence-corrected chi connectivity index (χ1v) is 10.9. The molecular weight excluding hydrogens is 397 g/mol. The molecule has 1 aliphatic heterocycles. The van der Waals surface area contributed by atoms with Gasteiger partial charge in [0.15, 0.2) is 0 Å². The van der Waals surface area contributed by atoms with Gasteiger partial charge in [-0.25, -0.2) is 9.18 Å². The third kappa shape index (κ3) is 4.88. The van der Waals surface area contributed by atoms with Crippen LogP contribution in [0, 0.1) is 5.82 Å². The van der Waals surface area contributed by atoms with Gasteiger partial charge in [0.1, 0.15) is 5.82 Å². The quantitative estimate of drug-likeness (QED) is 0.750. The summed E-state index contributed by atoms with van der Waals surface area (Å²) in [5, 5.41) is 12.2. The van der Waals surface area contributed by atoms with Crippen LogP contribution in [-0.2, 0) is 0 Å². The Kier molecular flexibility index (Phi) is 6.51. The van der Waals surface area contributed by atoms with Crippen molar-refractivity contribution in [2.24, 2.45) is 0 Å². The van der Waals surface area contributed by atoms with Gasteiger partial charge in [0.25, 0.3) is 5.91 Å². The summed E-state index contributed by atoms with van der Waals surface area (Å²) in [7, 11) is 0. The Morgan fingerprint density at radius 1 is 0.935 bits per heavy atom. The topological polar surface area (TPSA) is 72.9 Å². The van der Waals surface area contributed by atoms with E-state index in [2.05, 4.69) is 15.1 Å². The van der Waals surface area contributed by atoms with Crippen LogP contribution in [0.25, 0.3) is 0 Å². The first-order chi connectivity index (χ1) is 15.0. The van der Waals surface area contributed by atoms with Gasteiger partial charge in [0.2, 0.25) is 0 Å². The van der Waals surface area contributed by atoms with Gasteiger partial charge in [-0.1, -0.05) is 31.4 Å². The Hall–Kier alpha value is -2.93. The molecule has 2 fully saturated rings. The van der Waals surface area contributed by atoms with Crippen LogP contribution < -0.4 is 10.2 Å². The fourth-order valence-electron chi connectivity index (χ4n) is 4.64. The van der Waals surface area contributed by atoms with E-state index in [9.17, 15) is 19.1 Å². The maximum absolute atomic E-state index is 13.9. The van der Waals surface area contributed by atoms with Crippen LogP contribution in [-0.4, -0.2) is 54.1 Å². The molecule has 2 aliphatic rings. The minimum Gasteiger partial charge on any atom is -0.478 e. The van der Waals surface area contributed by atoms with E-state index in [4.69, 9.17) is 0 Å². The second kappa shape index (κ2) is 9.47. The molecule has 1 amide bonds. The zero-order valence-corrected chi connectivity index (χ0v) is 17.5. The van der Waals surface area contributed by atoms with E-state index in [0.717, 1.165) is 31.9 Å². The molecule has 164 valence electrons. The van der Waals surface area contributed by atoms with Gasteiger partial charge >= 0.3 is 5.97 Å². The number of amides is 1. The van der Waals surface area contributed by atoms with Crippen molar-refractivity contribution in [1.82, 2.24) is 4.90 Å². The van der Waals surface area contributed by atoms with Crippen LogP contribution in [0.5, 0.6) is 0 Å². The number of anilines is 2. The van der Waals surface area contributed by atoms with Crippen LogP contribution >= 0.6 is 0 Å². The molecule has 0 bridgehead atoms. The first-order valence-electron chi connectivity index (χ1n) is 10.9. The van der Waals surface area contributed by atoms with Crippen molar-refractivity contribution < 1.29 is 19.1 Å². The van der Waals surface area contributed by atoms with Crippen molar-refractivity contribution in [3.8, 4) is 0 Å². The van der Waals surface area contributed by atoms with Gasteiger partial charge < -0.3 is 15.3 Å². The minimum atomic E-state index is -1.13. The molecule has 31 heavy (non-hydrogen) atoms. The average Bonchev–Trinajstić information content (AvgIpc) is 2.80. The lowest BCUT2D eigenvalue weighted by Gasteiger charge is -2.41. The SMILES string of the molecule is O=C(Nc1ccc(N2CCN(C3CCCCC3)CC2)cc1C(=O)O)c1ccccc1F. The largest absolute Gasteiger partial charge is 0.478 e. The number of rotatable bonds is 5. The van der Waals surface area contributed by atoms with Gasteiger partial charge in [-0.05, 0) is 43.2 Å². The van der Waals surface area contributed by atoms with E-state index in [1.807, 2.05) is 6.07 Å². The second-order valence-corrected chi connectivity index (χ2v) is 8.28. The lowest BCUT2D eigenvalue weighted by atomic mass is 9.94. The molecule has 1 aliphatic carbocycles. The summed E-state index contributed by atoms with van der Waals surface area (Å²) in [6, 6.07) is 11.3. The fraction of sp³-hybridized carbons (Fsp3) is 0.417. The number of carboxylic acids is 1. The number of aromatic carboxylic acids is 1. The third-order valence-corrected chi connectivity index (χ3v) is 6.37. The predicted octanol–water partition coefficient (Wildman–Crippen LogP) is 4.23. The maximum atomic E-state index is 13.9. The van der Waals surface area contributed by atoms with Crippen molar-refractivity contribution >= 4 is 23.3 Å². The van der Waals surface area contributed by atoms with Crippen LogP contribution in [0.15, 0.2) is 42.5 Å². The van der Waals surface area contributed by atoms with Gasteiger partial charge in [-0.3, -0.25) is 9.69 Å². The number of carbonyl (C=O) groups excluding carboxylic acids is 1. The molecule has 0 aromatic heterocycles. The molecule has 2 N–H and O–H groups in total. The minimum absolute atomic E-state index is 0.00287. The predicted molar refractivity (Wildman–Crippen MR) is 118 cm³/mol. The van der Waals surface area contributed by atoms with Crippen LogP contribution in [0.2, 0.25) is 0 Å². The standard InChI is InChI=1S/C24H28FN3O3/c25-21-9-5-4-8-19(21)23(29)26-22-11-10-18(16-20(22)24(30)31)28-14-12-27(13-15-28)17-6-2-1-3-7-17/h4-5,8-11,16-17H,1-3,6-7,12-15H2,(H,26,29)(H,30,31). The molecule has 0 spiro atoms. The Bertz CT molecular complexity index is 951. The van der Waals surface area contributed by atoms with Crippen molar-refractivity contribution in [2.45, 2.75) is 38.1 Å². The summed E-state index contributed by atoms with van der Waals surface area (Å²) in [5.41, 5.74) is 0.855. The number of hydrogen-bond acceptors (Lipinski definition) is 4. The number of nitrogens with zero attached hydrogens (tertiary/aromatic N) is 2. The molecular formula is C24H28FN3O3. The Labute approximate surface area is 181 Å². The van der Waals surface area contributed by atoms with E-state index in [0.29, 0.717) is 6.04 Å². The Balaban J connectivity index is 1.46. The molecule has 7 heteroatoms. The van der Waals surface area contributed by atoms with Crippen molar-refractivity contribution in [3.05, 3.63) is 59.4 Å². The molecule has 1 saturated heterocycles. The highest BCUT2D eigenvalue weighted by molar-refractivity contribution is 6.08. The Morgan fingerprint density at radius 2 is 1.65 bits per heavy atom. The van der Waals surface area contributed by atoms with E-state index in [-0.39, 0.29) is 16.8 Å². The number of nitrogens with one attached hydrogen (secondary N) is 1. The summed E-state index contributed by atoms with van der Waals surface area (Å²) in [6.45, 7) is 3.63. The van der Waals surface area contributed by atoms with Gasteiger partial charge in [-0.2, -0.15) is 0 Å². The third-order valence-electron chi connectivity index (χ3n) is 6.37. The molecule has 0 atom stereocenters. The summed E-state index contributed by atoms with van der Waals surface area (Å²) in [5.74, 6) is -2.45. The zero-order chi connectivity index (χ0) is 21.8. The van der Waals surface area contributed by atoms with E-state index in [1.54, 1.807) is 18.2 Å². The molecule has 0 radical (unpaired) electrons. The van der Waals surface area contributed by atoms with Crippen LogP contribution in [0.4, 0.5) is 15.8 Å². The van der Waals surface area contributed by atoms with E-state index < -0.39 is 17.7 Å². The first kappa shape index (κ1) is 21.3. The van der Waals surface area contributed by atoms with Crippen molar-refractivity contribution in [1.29, 1.82) is 0 Å². The highest BCUT2D eigenvalue weighted by atomic mass is 19.1. The molecule has 1 heterocycles. The molecule has 0 unspecified atom stereocenters. The molecule has 2 aromatic rings. The summed E-state index contributed by atoms with van der Waals surface area (Å²) in [6.07, 6.45) is 6.52. The number of piperazine rings is 1. The second-order valence-electron chi connectivity index (χ2n) is 8.28. The average molecular weight is 426 g/mol. The van der Waals surface area contributed by atoms with E-state index in [1.165, 1.54) is 50.3 Å². The number of carboxylic acid groups (broad SMARTS) is 1. The molecule has 1 saturated carbocycles. The Morgan fingerprint density at radius 3 is 2.32 bits per heavy atom. The molecule has 2 aromatic carbocycles. The van der Waals surface area contributed by atoms with Gasteiger partial charge in [-0.15, -0.1) is 0 Å². The summed E-state index contributed by atoms with van der Waals surface area (Å²) < 4.78 is 13.9. The normalized spacial score (nSPS) is 18.0. The lowest BCUT2D eigenvalue weighted by molar-refractivity contribution is 0.0698. The molecule has 6 nitrogen and oxygen atoms in total. The van der Waals surface area contributed by atoms with E-state index >= 15 is 0 Å². The lowest BCUT2D eigenvalue weighted by Crippen LogP contribution is -2.50. The number of carbonyl (C=O) groups is 2. The van der Waals surface area contributed by atoms with Crippen molar-refractivity contribution in [2.75, 3.05) is 36.4 Å². The van der Waals surface area contributed by atoms with Crippen molar-refractivity contribution in [3.63, 3.8) is 0 Å². The monoisotopic (exact) mass is 425 g/mol. The maximum Gasteiger partial charge on any atom is 0.337 e. The smallest absolute Gasteiger partial charge is 0.337 e. The van der Waals surface area contributed by atoms with Crippen LogP contribution in [0.3, 0.4) is 0 Å². The highest BCUT2D eigenvalue weighted by Gasteiger charge is 2.26. The number of halogens is 1. The molecule has 4 rings (SSSR count). The fourth-order valence-corrected chi connectivity index (χ4v) is 4.64. The highest BCUT2D eigenvalue weighted by Crippen LogP contribution is 2.28. The number of hydrogen-bond donors (Lipinski definition) is 2. The van der Waals surface area contributed by atoms with Gasteiger partial charge in [0, 0.05) is 37.9 Å².